The van der Waals surface area contributed by atoms with E-state index in [4.69, 9.17) is 11.6 Å². The second-order valence-electron chi connectivity index (χ2n) is 3.87. The Morgan fingerprint density at radius 1 is 1.62 bits per heavy atom. The molecule has 0 aliphatic carbocycles. The van der Waals surface area contributed by atoms with Crippen LogP contribution in [0, 0.1) is 0 Å². The van der Waals surface area contributed by atoms with E-state index in [0.717, 1.165) is 6.42 Å². The van der Waals surface area contributed by atoms with Crippen molar-refractivity contribution in [1.29, 1.82) is 0 Å². The number of likely N-dealkylation sites (N-methyl/N-ethyl adjacent to an activating group) is 1. The molecular formula is C10H13ClN4O. The number of hydrogen-bond acceptors (Lipinski definition) is 4. The molecule has 2 heterocycles. The van der Waals surface area contributed by atoms with Crippen LogP contribution in [0.15, 0.2) is 12.5 Å². The molecule has 0 spiro atoms. The lowest BCUT2D eigenvalue weighted by atomic mass is 10.1. The standard InChI is InChI=1S/C10H13ClN4O/c1-15-5-7(2-3-9(15)16)14-10-8(11)4-12-6-13-10/h4,6-7H,2-3,5H2,1H3,(H,12,13,14). The first-order chi connectivity index (χ1) is 7.66. The van der Waals surface area contributed by atoms with Crippen LogP contribution < -0.4 is 5.32 Å². The minimum Gasteiger partial charge on any atom is -0.364 e. The summed E-state index contributed by atoms with van der Waals surface area (Å²) in [4.78, 5) is 20.9. The Hall–Kier alpha value is -1.36. The van der Waals surface area contributed by atoms with Gasteiger partial charge in [-0.2, -0.15) is 0 Å². The van der Waals surface area contributed by atoms with E-state index in [1.54, 1.807) is 18.1 Å². The van der Waals surface area contributed by atoms with E-state index in [1.807, 2.05) is 0 Å². The molecule has 0 aromatic carbocycles. The zero-order valence-corrected chi connectivity index (χ0v) is 9.74. The molecule has 1 amide bonds. The van der Waals surface area contributed by atoms with Crippen LogP contribution in [-0.4, -0.2) is 40.4 Å². The third-order valence-corrected chi connectivity index (χ3v) is 2.91. The number of nitrogens with zero attached hydrogens (tertiary/aromatic N) is 3. The summed E-state index contributed by atoms with van der Waals surface area (Å²) in [6.45, 7) is 0.680. The summed E-state index contributed by atoms with van der Waals surface area (Å²) in [5.41, 5.74) is 0. The first-order valence-corrected chi connectivity index (χ1v) is 5.50. The van der Waals surface area contributed by atoms with Crippen LogP contribution in [0.1, 0.15) is 12.8 Å². The Kier molecular flexibility index (Phi) is 3.24. The fraction of sp³-hybridized carbons (Fsp3) is 0.500. The van der Waals surface area contributed by atoms with Crippen molar-refractivity contribution in [2.75, 3.05) is 18.9 Å². The van der Waals surface area contributed by atoms with Gasteiger partial charge < -0.3 is 10.2 Å². The minimum atomic E-state index is 0.187. The van der Waals surface area contributed by atoms with E-state index in [9.17, 15) is 4.79 Å². The molecule has 2 rings (SSSR count). The first kappa shape index (κ1) is 11.1. The highest BCUT2D eigenvalue weighted by molar-refractivity contribution is 6.32. The Morgan fingerprint density at radius 2 is 2.44 bits per heavy atom. The molecule has 5 nitrogen and oxygen atoms in total. The lowest BCUT2D eigenvalue weighted by molar-refractivity contribution is -0.132. The van der Waals surface area contributed by atoms with E-state index < -0.39 is 0 Å². The molecule has 6 heteroatoms. The number of hydrogen-bond donors (Lipinski definition) is 1. The summed E-state index contributed by atoms with van der Waals surface area (Å²) in [7, 11) is 1.80. The van der Waals surface area contributed by atoms with Crippen molar-refractivity contribution in [1.82, 2.24) is 14.9 Å². The minimum absolute atomic E-state index is 0.187. The van der Waals surface area contributed by atoms with Gasteiger partial charge in [0.05, 0.1) is 6.20 Å². The van der Waals surface area contributed by atoms with Crippen molar-refractivity contribution in [2.45, 2.75) is 18.9 Å². The van der Waals surface area contributed by atoms with Gasteiger partial charge in [0.15, 0.2) is 0 Å². The number of halogens is 1. The van der Waals surface area contributed by atoms with Crippen molar-refractivity contribution in [3.8, 4) is 0 Å². The normalized spacial score (nSPS) is 21.0. The van der Waals surface area contributed by atoms with Gasteiger partial charge in [0, 0.05) is 26.1 Å². The molecule has 0 saturated carbocycles. The van der Waals surface area contributed by atoms with Crippen LogP contribution in [0.4, 0.5) is 5.82 Å². The Balaban J connectivity index is 2.01. The molecule has 1 unspecified atom stereocenters. The van der Waals surface area contributed by atoms with Gasteiger partial charge >= 0.3 is 0 Å². The molecule has 1 aliphatic heterocycles. The van der Waals surface area contributed by atoms with Gasteiger partial charge in [-0.25, -0.2) is 9.97 Å². The summed E-state index contributed by atoms with van der Waals surface area (Å²) in [6.07, 6.45) is 4.38. The molecule has 1 N–H and O–H groups in total. The number of rotatable bonds is 2. The van der Waals surface area contributed by atoms with Gasteiger partial charge in [-0.05, 0) is 6.42 Å². The van der Waals surface area contributed by atoms with Crippen molar-refractivity contribution in [2.24, 2.45) is 0 Å². The van der Waals surface area contributed by atoms with E-state index in [2.05, 4.69) is 15.3 Å². The van der Waals surface area contributed by atoms with Gasteiger partial charge in [0.1, 0.15) is 17.2 Å². The molecule has 86 valence electrons. The monoisotopic (exact) mass is 240 g/mol. The van der Waals surface area contributed by atoms with E-state index >= 15 is 0 Å². The quantitative estimate of drug-likeness (QED) is 0.843. The molecule has 1 atom stereocenters. The average molecular weight is 241 g/mol. The highest BCUT2D eigenvalue weighted by atomic mass is 35.5. The maximum Gasteiger partial charge on any atom is 0.222 e. The molecule has 1 fully saturated rings. The van der Waals surface area contributed by atoms with Crippen molar-refractivity contribution >= 4 is 23.3 Å². The van der Waals surface area contributed by atoms with Gasteiger partial charge in [-0.3, -0.25) is 4.79 Å². The molecule has 1 saturated heterocycles. The smallest absolute Gasteiger partial charge is 0.222 e. The molecule has 1 aliphatic rings. The summed E-state index contributed by atoms with van der Waals surface area (Å²) in [5.74, 6) is 0.816. The summed E-state index contributed by atoms with van der Waals surface area (Å²) in [5, 5.41) is 3.73. The fourth-order valence-electron chi connectivity index (χ4n) is 1.74. The molecule has 1 aromatic heterocycles. The maximum atomic E-state index is 11.3. The van der Waals surface area contributed by atoms with Crippen molar-refractivity contribution in [3.63, 3.8) is 0 Å². The number of amides is 1. The number of nitrogens with one attached hydrogen (secondary N) is 1. The topological polar surface area (TPSA) is 58.1 Å². The van der Waals surface area contributed by atoms with Crippen LogP contribution in [0.5, 0.6) is 0 Å². The summed E-state index contributed by atoms with van der Waals surface area (Å²) < 4.78 is 0. The molecule has 0 bridgehead atoms. The predicted molar refractivity (Wildman–Crippen MR) is 61.3 cm³/mol. The lowest BCUT2D eigenvalue weighted by Gasteiger charge is -2.30. The first-order valence-electron chi connectivity index (χ1n) is 5.13. The summed E-state index contributed by atoms with van der Waals surface area (Å²) >= 11 is 5.94. The Labute approximate surface area is 98.8 Å². The van der Waals surface area contributed by atoms with Crippen molar-refractivity contribution in [3.05, 3.63) is 17.5 Å². The van der Waals surface area contributed by atoms with Gasteiger partial charge in [0.25, 0.3) is 0 Å². The van der Waals surface area contributed by atoms with Crippen LogP contribution in [-0.2, 0) is 4.79 Å². The third kappa shape index (κ3) is 2.41. The van der Waals surface area contributed by atoms with E-state index in [-0.39, 0.29) is 11.9 Å². The number of anilines is 1. The van der Waals surface area contributed by atoms with Crippen LogP contribution in [0.3, 0.4) is 0 Å². The molecule has 16 heavy (non-hydrogen) atoms. The summed E-state index contributed by atoms with van der Waals surface area (Å²) in [6, 6.07) is 0.204. The molecule has 0 radical (unpaired) electrons. The number of piperidine rings is 1. The van der Waals surface area contributed by atoms with E-state index in [1.165, 1.54) is 6.33 Å². The van der Waals surface area contributed by atoms with Crippen LogP contribution in [0.25, 0.3) is 0 Å². The highest BCUT2D eigenvalue weighted by Gasteiger charge is 2.23. The number of carbonyl (C=O) groups is 1. The zero-order chi connectivity index (χ0) is 11.5. The second kappa shape index (κ2) is 4.65. The SMILES string of the molecule is CN1CC(Nc2ncncc2Cl)CCC1=O. The van der Waals surface area contributed by atoms with E-state index in [0.29, 0.717) is 23.8 Å². The Morgan fingerprint density at radius 3 is 3.12 bits per heavy atom. The molecular weight excluding hydrogens is 228 g/mol. The highest BCUT2D eigenvalue weighted by Crippen LogP contribution is 2.20. The van der Waals surface area contributed by atoms with Gasteiger partial charge in [0.2, 0.25) is 5.91 Å². The molecule has 1 aromatic rings. The number of carbonyl (C=O) groups excluding carboxylic acids is 1. The van der Waals surface area contributed by atoms with Gasteiger partial charge in [-0.15, -0.1) is 0 Å². The number of aromatic nitrogens is 2. The predicted octanol–water partition coefficient (Wildman–Crippen LogP) is 1.16. The van der Waals surface area contributed by atoms with Gasteiger partial charge in [-0.1, -0.05) is 11.6 Å². The Bertz CT molecular complexity index is 398. The van der Waals surface area contributed by atoms with Crippen molar-refractivity contribution < 1.29 is 4.79 Å². The average Bonchev–Trinajstić information content (AvgIpc) is 2.27. The fourth-order valence-corrected chi connectivity index (χ4v) is 1.90. The maximum absolute atomic E-state index is 11.3. The lowest BCUT2D eigenvalue weighted by Crippen LogP contribution is -2.43. The largest absolute Gasteiger partial charge is 0.364 e. The van der Waals surface area contributed by atoms with Crippen LogP contribution in [0.2, 0.25) is 5.02 Å². The second-order valence-corrected chi connectivity index (χ2v) is 4.28. The third-order valence-electron chi connectivity index (χ3n) is 2.64. The van der Waals surface area contributed by atoms with Crippen LogP contribution >= 0.6 is 11.6 Å². The zero-order valence-electron chi connectivity index (χ0n) is 8.98. The number of likely N-dealkylation sites (tertiary alicyclic amines) is 1.